The zero-order valence-electron chi connectivity index (χ0n) is 9.46. The predicted octanol–water partition coefficient (Wildman–Crippen LogP) is 2.35. The van der Waals surface area contributed by atoms with E-state index in [1.54, 1.807) is 31.2 Å². The molecule has 0 amide bonds. The van der Waals surface area contributed by atoms with Crippen LogP contribution in [0.4, 0.5) is 5.82 Å². The van der Waals surface area contributed by atoms with Crippen LogP contribution in [0.1, 0.15) is 5.56 Å². The van der Waals surface area contributed by atoms with Crippen LogP contribution in [-0.4, -0.2) is 18.6 Å². The van der Waals surface area contributed by atoms with Gasteiger partial charge in [0.2, 0.25) is 0 Å². The summed E-state index contributed by atoms with van der Waals surface area (Å²) in [5, 5.41) is 7.31. The Morgan fingerprint density at radius 1 is 1.28 bits per heavy atom. The minimum Gasteiger partial charge on any atom is -0.262 e. The SMILES string of the molecule is Cc1ccc(Br)cc1S(=O)(=O)Nc1cccnn1. The van der Waals surface area contributed by atoms with Crippen LogP contribution in [0.15, 0.2) is 45.9 Å². The van der Waals surface area contributed by atoms with Crippen LogP contribution in [0.3, 0.4) is 0 Å². The normalized spacial score (nSPS) is 11.2. The summed E-state index contributed by atoms with van der Waals surface area (Å²) in [6, 6.07) is 8.22. The summed E-state index contributed by atoms with van der Waals surface area (Å²) in [6.45, 7) is 1.73. The molecule has 0 fully saturated rings. The van der Waals surface area contributed by atoms with Crippen LogP contribution in [0.2, 0.25) is 0 Å². The van der Waals surface area contributed by atoms with Gasteiger partial charge in [-0.3, -0.25) is 4.72 Å². The Balaban J connectivity index is 2.40. The summed E-state index contributed by atoms with van der Waals surface area (Å²) in [5.41, 5.74) is 0.662. The number of benzene rings is 1. The predicted molar refractivity (Wildman–Crippen MR) is 71.7 cm³/mol. The number of aromatic nitrogens is 2. The van der Waals surface area contributed by atoms with E-state index in [4.69, 9.17) is 0 Å². The van der Waals surface area contributed by atoms with Gasteiger partial charge in [-0.1, -0.05) is 22.0 Å². The smallest absolute Gasteiger partial charge is 0.262 e. The van der Waals surface area contributed by atoms with Gasteiger partial charge >= 0.3 is 0 Å². The van der Waals surface area contributed by atoms with E-state index >= 15 is 0 Å². The van der Waals surface area contributed by atoms with E-state index in [0.29, 0.717) is 10.0 Å². The van der Waals surface area contributed by atoms with Gasteiger partial charge in [0.1, 0.15) is 0 Å². The highest BCUT2D eigenvalue weighted by molar-refractivity contribution is 9.10. The number of anilines is 1. The minimum atomic E-state index is -3.65. The Hall–Kier alpha value is -1.47. The molecule has 2 aromatic rings. The lowest BCUT2D eigenvalue weighted by Crippen LogP contribution is -2.15. The van der Waals surface area contributed by atoms with E-state index in [1.807, 2.05) is 0 Å². The first-order valence-corrected chi connectivity index (χ1v) is 7.33. The minimum absolute atomic E-state index is 0.192. The van der Waals surface area contributed by atoms with E-state index in [1.165, 1.54) is 12.3 Å². The molecule has 0 saturated heterocycles. The zero-order chi connectivity index (χ0) is 13.2. The van der Waals surface area contributed by atoms with Crippen molar-refractivity contribution in [2.24, 2.45) is 0 Å². The van der Waals surface area contributed by atoms with Crippen LogP contribution in [0.5, 0.6) is 0 Å². The van der Waals surface area contributed by atoms with Crippen molar-refractivity contribution in [2.75, 3.05) is 4.72 Å². The second-order valence-electron chi connectivity index (χ2n) is 3.62. The molecule has 1 aromatic carbocycles. The second-order valence-corrected chi connectivity index (χ2v) is 6.19. The number of hydrogen-bond acceptors (Lipinski definition) is 4. The summed E-state index contributed by atoms with van der Waals surface area (Å²) >= 11 is 3.25. The monoisotopic (exact) mass is 327 g/mol. The van der Waals surface area contributed by atoms with Gasteiger partial charge in [-0.2, -0.15) is 5.10 Å². The number of hydrogen-bond donors (Lipinski definition) is 1. The van der Waals surface area contributed by atoms with Gasteiger partial charge in [0.25, 0.3) is 10.0 Å². The fraction of sp³-hybridized carbons (Fsp3) is 0.0909. The van der Waals surface area contributed by atoms with Crippen molar-refractivity contribution >= 4 is 31.8 Å². The summed E-state index contributed by atoms with van der Waals surface area (Å²) < 4.78 is 27.4. The Bertz CT molecular complexity index is 659. The Morgan fingerprint density at radius 3 is 2.72 bits per heavy atom. The van der Waals surface area contributed by atoms with Crippen molar-refractivity contribution in [2.45, 2.75) is 11.8 Å². The van der Waals surface area contributed by atoms with E-state index < -0.39 is 10.0 Å². The third kappa shape index (κ3) is 2.85. The van der Waals surface area contributed by atoms with Crippen molar-refractivity contribution < 1.29 is 8.42 Å². The summed E-state index contributed by atoms with van der Waals surface area (Å²) in [7, 11) is -3.65. The molecule has 0 radical (unpaired) electrons. The summed E-state index contributed by atoms with van der Waals surface area (Å²) in [4.78, 5) is 0.211. The van der Waals surface area contributed by atoms with Gasteiger partial charge in [-0.15, -0.1) is 5.10 Å². The lowest BCUT2D eigenvalue weighted by atomic mass is 10.2. The topological polar surface area (TPSA) is 72.0 Å². The average Bonchev–Trinajstić information content (AvgIpc) is 2.33. The van der Waals surface area contributed by atoms with E-state index in [0.717, 1.165) is 0 Å². The van der Waals surface area contributed by atoms with Crippen LogP contribution in [0, 0.1) is 6.92 Å². The number of halogens is 1. The first-order valence-electron chi connectivity index (χ1n) is 5.06. The largest absolute Gasteiger partial charge is 0.263 e. The quantitative estimate of drug-likeness (QED) is 0.939. The maximum absolute atomic E-state index is 12.2. The van der Waals surface area contributed by atoms with Gasteiger partial charge in [0, 0.05) is 10.7 Å². The second kappa shape index (κ2) is 5.03. The molecule has 0 spiro atoms. The van der Waals surface area contributed by atoms with Crippen molar-refractivity contribution in [1.82, 2.24) is 10.2 Å². The molecule has 1 N–H and O–H groups in total. The molecule has 2 rings (SSSR count). The lowest BCUT2D eigenvalue weighted by molar-refractivity contribution is 0.600. The summed E-state index contributed by atoms with van der Waals surface area (Å²) in [6.07, 6.45) is 1.47. The van der Waals surface area contributed by atoms with Gasteiger partial charge in [0.15, 0.2) is 5.82 Å². The van der Waals surface area contributed by atoms with Crippen LogP contribution < -0.4 is 4.72 Å². The Kier molecular flexibility index (Phi) is 3.63. The molecule has 0 aliphatic rings. The molecular weight excluding hydrogens is 318 g/mol. The standard InChI is InChI=1S/C11H10BrN3O2S/c1-8-4-5-9(12)7-10(8)18(16,17)15-11-3-2-6-13-14-11/h2-7H,1H3,(H,14,15). The molecule has 0 atom stereocenters. The molecular formula is C11H10BrN3O2S. The maximum Gasteiger partial charge on any atom is 0.263 e. The van der Waals surface area contributed by atoms with Crippen molar-refractivity contribution in [3.05, 3.63) is 46.6 Å². The molecule has 7 heteroatoms. The number of aryl methyl sites for hydroxylation is 1. The van der Waals surface area contributed by atoms with Crippen LogP contribution in [0.25, 0.3) is 0 Å². The average molecular weight is 328 g/mol. The van der Waals surface area contributed by atoms with Crippen LogP contribution in [-0.2, 0) is 10.0 Å². The fourth-order valence-corrected chi connectivity index (χ4v) is 3.19. The zero-order valence-corrected chi connectivity index (χ0v) is 11.9. The van der Waals surface area contributed by atoms with Crippen molar-refractivity contribution in [3.63, 3.8) is 0 Å². The number of nitrogens with zero attached hydrogens (tertiary/aromatic N) is 2. The van der Waals surface area contributed by atoms with Gasteiger partial charge in [0.05, 0.1) is 4.90 Å². The number of sulfonamides is 1. The molecule has 1 heterocycles. The molecule has 5 nitrogen and oxygen atoms in total. The van der Waals surface area contributed by atoms with E-state index in [9.17, 15) is 8.42 Å². The third-order valence-electron chi connectivity index (χ3n) is 2.25. The van der Waals surface area contributed by atoms with E-state index in [2.05, 4.69) is 30.8 Å². The van der Waals surface area contributed by atoms with E-state index in [-0.39, 0.29) is 10.7 Å². The lowest BCUT2D eigenvalue weighted by Gasteiger charge is -2.09. The van der Waals surface area contributed by atoms with Crippen LogP contribution >= 0.6 is 15.9 Å². The maximum atomic E-state index is 12.2. The Labute approximate surface area is 113 Å². The molecule has 0 unspecified atom stereocenters. The molecule has 0 bridgehead atoms. The molecule has 1 aromatic heterocycles. The molecule has 0 aliphatic carbocycles. The Morgan fingerprint density at radius 2 is 2.06 bits per heavy atom. The highest BCUT2D eigenvalue weighted by atomic mass is 79.9. The fourth-order valence-electron chi connectivity index (χ4n) is 1.41. The molecule has 18 heavy (non-hydrogen) atoms. The number of rotatable bonds is 3. The van der Waals surface area contributed by atoms with Gasteiger partial charge in [-0.25, -0.2) is 8.42 Å². The van der Waals surface area contributed by atoms with Gasteiger partial charge in [-0.05, 0) is 36.8 Å². The highest BCUT2D eigenvalue weighted by Crippen LogP contribution is 2.22. The third-order valence-corrected chi connectivity index (χ3v) is 4.24. The summed E-state index contributed by atoms with van der Waals surface area (Å²) in [5.74, 6) is 0.192. The van der Waals surface area contributed by atoms with Crippen molar-refractivity contribution in [3.8, 4) is 0 Å². The number of nitrogens with one attached hydrogen (secondary N) is 1. The first-order chi connectivity index (χ1) is 8.49. The molecule has 0 aliphatic heterocycles. The molecule has 0 saturated carbocycles. The first kappa shape index (κ1) is 13.0. The van der Waals surface area contributed by atoms with Crippen molar-refractivity contribution in [1.29, 1.82) is 0 Å². The molecule has 94 valence electrons. The highest BCUT2D eigenvalue weighted by Gasteiger charge is 2.17. The van der Waals surface area contributed by atoms with Gasteiger partial charge < -0.3 is 0 Å².